The number of ether oxygens (including phenoxy) is 1. The second-order valence-corrected chi connectivity index (χ2v) is 6.87. The number of thiophene rings is 1. The van der Waals surface area contributed by atoms with Gasteiger partial charge in [-0.15, -0.1) is 11.3 Å². The third-order valence-electron chi connectivity index (χ3n) is 2.71. The van der Waals surface area contributed by atoms with Crippen LogP contribution in [0.2, 0.25) is 9.49 Å². The number of hydrogen-bond acceptors (Lipinski definition) is 4. The van der Waals surface area contributed by atoms with Crippen LogP contribution in [0.1, 0.15) is 0 Å². The molecule has 3 aromatic rings. The van der Waals surface area contributed by atoms with Crippen molar-refractivity contribution >= 4 is 61.4 Å². The topological polar surface area (TPSA) is 35.0 Å². The highest BCUT2D eigenvalue weighted by molar-refractivity contribution is 9.10. The second kappa shape index (κ2) is 5.48. The van der Waals surface area contributed by atoms with Gasteiger partial charge in [-0.25, -0.2) is 9.97 Å². The number of aromatic nitrogens is 2. The van der Waals surface area contributed by atoms with Crippen LogP contribution in [0.4, 0.5) is 0 Å². The molecule has 0 saturated heterocycles. The van der Waals surface area contributed by atoms with E-state index in [-0.39, 0.29) is 0 Å². The van der Waals surface area contributed by atoms with Crippen LogP contribution >= 0.6 is 50.5 Å². The number of rotatable bonds is 2. The molecule has 0 aliphatic rings. The molecule has 0 aliphatic carbocycles. The van der Waals surface area contributed by atoms with Gasteiger partial charge in [0.25, 0.3) is 0 Å². The maximum absolute atomic E-state index is 6.27. The van der Waals surface area contributed by atoms with Gasteiger partial charge in [0, 0.05) is 10.5 Å². The molecule has 0 aliphatic heterocycles. The smallest absolute Gasteiger partial charge is 0.171 e. The fraction of sp³-hybridized carbons (Fsp3) is 0.0769. The summed E-state index contributed by atoms with van der Waals surface area (Å²) in [5, 5.41) is 1.16. The van der Waals surface area contributed by atoms with Crippen LogP contribution in [0, 0.1) is 0 Å². The van der Waals surface area contributed by atoms with E-state index in [1.807, 2.05) is 24.3 Å². The Morgan fingerprint density at radius 2 is 2.00 bits per heavy atom. The van der Waals surface area contributed by atoms with Crippen LogP contribution in [0.15, 0.2) is 28.7 Å². The number of benzene rings is 1. The number of halogens is 3. The highest BCUT2D eigenvalue weighted by atomic mass is 79.9. The molecule has 0 radical (unpaired) electrons. The van der Waals surface area contributed by atoms with Gasteiger partial charge >= 0.3 is 0 Å². The minimum Gasteiger partial charge on any atom is -0.497 e. The minimum absolute atomic E-state index is 0.393. The van der Waals surface area contributed by atoms with Crippen molar-refractivity contribution in [3.8, 4) is 16.5 Å². The summed E-state index contributed by atoms with van der Waals surface area (Å²) in [6.45, 7) is 0. The summed E-state index contributed by atoms with van der Waals surface area (Å²) in [5.74, 6) is 1.26. The van der Waals surface area contributed by atoms with E-state index in [4.69, 9.17) is 27.9 Å². The molecule has 0 unspecified atom stereocenters. The summed E-state index contributed by atoms with van der Waals surface area (Å²) < 4.78 is 6.73. The quantitative estimate of drug-likeness (QED) is 0.547. The monoisotopic (exact) mass is 388 g/mol. The first-order valence-corrected chi connectivity index (χ1v) is 7.91. The normalized spacial score (nSPS) is 11.0. The van der Waals surface area contributed by atoms with Gasteiger partial charge in [-0.2, -0.15) is 0 Å². The summed E-state index contributed by atoms with van der Waals surface area (Å²) in [7, 11) is 1.61. The van der Waals surface area contributed by atoms with Crippen LogP contribution in [0.5, 0.6) is 5.75 Å². The lowest BCUT2D eigenvalue weighted by Crippen LogP contribution is -1.92. The lowest BCUT2D eigenvalue weighted by molar-refractivity contribution is 0.415. The number of methoxy groups -OCH3 is 1. The van der Waals surface area contributed by atoms with Crippen LogP contribution in [-0.2, 0) is 0 Å². The van der Waals surface area contributed by atoms with E-state index in [0.29, 0.717) is 21.1 Å². The SMILES string of the molecule is COc1cc(Br)c2c(Cl)nc(-c3ccc(Cl)s3)nc2c1. The van der Waals surface area contributed by atoms with Crippen molar-refractivity contribution in [1.82, 2.24) is 9.97 Å². The summed E-state index contributed by atoms with van der Waals surface area (Å²) in [4.78, 5) is 9.74. The summed E-state index contributed by atoms with van der Waals surface area (Å²) in [6, 6.07) is 7.34. The van der Waals surface area contributed by atoms with E-state index >= 15 is 0 Å². The molecule has 2 aromatic heterocycles. The van der Waals surface area contributed by atoms with Crippen LogP contribution in [0.25, 0.3) is 21.6 Å². The fourth-order valence-corrected chi connectivity index (χ4v) is 3.80. The highest BCUT2D eigenvalue weighted by Gasteiger charge is 2.13. The first-order valence-electron chi connectivity index (χ1n) is 5.55. The average Bonchev–Trinajstić information content (AvgIpc) is 2.84. The zero-order valence-electron chi connectivity index (χ0n) is 10.2. The Labute approximate surface area is 137 Å². The Hall–Kier alpha value is -0.880. The molecule has 0 amide bonds. The van der Waals surface area contributed by atoms with E-state index in [9.17, 15) is 0 Å². The average molecular weight is 390 g/mol. The Morgan fingerprint density at radius 1 is 1.20 bits per heavy atom. The predicted octanol–water partition coefficient (Wildman–Crippen LogP) is 5.44. The van der Waals surface area contributed by atoms with Gasteiger partial charge in [0.2, 0.25) is 0 Å². The van der Waals surface area contributed by atoms with Crippen LogP contribution < -0.4 is 4.74 Å². The molecule has 0 bridgehead atoms. The fourth-order valence-electron chi connectivity index (χ4n) is 1.81. The first-order chi connectivity index (χ1) is 9.58. The lowest BCUT2D eigenvalue weighted by atomic mass is 10.2. The second-order valence-electron chi connectivity index (χ2n) is 3.95. The van der Waals surface area contributed by atoms with Crippen molar-refractivity contribution in [3.05, 3.63) is 38.2 Å². The van der Waals surface area contributed by atoms with Crippen molar-refractivity contribution in [3.63, 3.8) is 0 Å². The molecule has 3 nitrogen and oxygen atoms in total. The molecule has 0 N–H and O–H groups in total. The molecule has 0 spiro atoms. The molecule has 1 aromatic carbocycles. The zero-order chi connectivity index (χ0) is 14.3. The van der Waals surface area contributed by atoms with Crippen LogP contribution in [0.3, 0.4) is 0 Å². The predicted molar refractivity (Wildman–Crippen MR) is 87.1 cm³/mol. The van der Waals surface area contributed by atoms with Crippen molar-refractivity contribution in [2.75, 3.05) is 7.11 Å². The molecule has 2 heterocycles. The van der Waals surface area contributed by atoms with E-state index in [2.05, 4.69) is 25.9 Å². The van der Waals surface area contributed by atoms with Gasteiger partial charge in [-0.3, -0.25) is 0 Å². The first kappa shape index (κ1) is 14.1. The highest BCUT2D eigenvalue weighted by Crippen LogP contribution is 2.36. The van der Waals surface area contributed by atoms with Crippen molar-refractivity contribution in [1.29, 1.82) is 0 Å². The van der Waals surface area contributed by atoms with Gasteiger partial charge in [0.05, 0.1) is 27.2 Å². The van der Waals surface area contributed by atoms with Gasteiger partial charge in [-0.1, -0.05) is 23.2 Å². The molecule has 20 heavy (non-hydrogen) atoms. The molecule has 7 heteroatoms. The van der Waals surface area contributed by atoms with Gasteiger partial charge in [-0.05, 0) is 34.1 Å². The van der Waals surface area contributed by atoms with Gasteiger partial charge in [0.1, 0.15) is 10.9 Å². The Bertz CT molecular complexity index is 806. The Kier molecular flexibility index (Phi) is 3.86. The van der Waals surface area contributed by atoms with Crippen molar-refractivity contribution in [2.24, 2.45) is 0 Å². The maximum Gasteiger partial charge on any atom is 0.171 e. The van der Waals surface area contributed by atoms with Gasteiger partial charge < -0.3 is 4.74 Å². The van der Waals surface area contributed by atoms with Crippen molar-refractivity contribution in [2.45, 2.75) is 0 Å². The van der Waals surface area contributed by atoms with E-state index in [0.717, 1.165) is 20.3 Å². The largest absolute Gasteiger partial charge is 0.497 e. The van der Waals surface area contributed by atoms with E-state index in [1.165, 1.54) is 11.3 Å². The summed E-state index contributed by atoms with van der Waals surface area (Å²) in [5.41, 5.74) is 0.718. The lowest BCUT2D eigenvalue weighted by Gasteiger charge is -2.07. The minimum atomic E-state index is 0.393. The van der Waals surface area contributed by atoms with E-state index < -0.39 is 0 Å². The summed E-state index contributed by atoms with van der Waals surface area (Å²) >= 11 is 17.1. The standard InChI is InChI=1S/C13H7BrCl2N2OS/c1-19-6-4-7(14)11-8(5-6)17-13(18-12(11)16)9-2-3-10(15)20-9/h2-5H,1H3. The van der Waals surface area contributed by atoms with Gasteiger partial charge in [0.15, 0.2) is 5.82 Å². The van der Waals surface area contributed by atoms with Crippen LogP contribution in [-0.4, -0.2) is 17.1 Å². The molecule has 0 saturated carbocycles. The third kappa shape index (κ3) is 2.51. The van der Waals surface area contributed by atoms with Crippen molar-refractivity contribution < 1.29 is 4.74 Å². The summed E-state index contributed by atoms with van der Waals surface area (Å²) in [6.07, 6.45) is 0. The molecule has 102 valence electrons. The number of nitrogens with zero attached hydrogens (tertiary/aromatic N) is 2. The van der Waals surface area contributed by atoms with E-state index in [1.54, 1.807) is 7.11 Å². The number of fused-ring (bicyclic) bond motifs is 1. The maximum atomic E-state index is 6.27. The zero-order valence-corrected chi connectivity index (χ0v) is 14.1. The molecular weight excluding hydrogens is 383 g/mol. The molecule has 0 atom stereocenters. The molecular formula is C13H7BrCl2N2OS. The molecule has 3 rings (SSSR count). The molecule has 0 fully saturated rings. The Morgan fingerprint density at radius 3 is 2.65 bits per heavy atom. The Balaban J connectivity index is 2.27. The third-order valence-corrected chi connectivity index (χ3v) is 4.83. The number of hydrogen-bond donors (Lipinski definition) is 0.